The average molecular weight is 290 g/mol. The zero-order chi connectivity index (χ0) is 13.9. The number of thiazole rings is 1. The highest BCUT2D eigenvalue weighted by molar-refractivity contribution is 7.09. The van der Waals surface area contributed by atoms with E-state index in [0.29, 0.717) is 6.04 Å². The zero-order valence-electron chi connectivity index (χ0n) is 11.6. The summed E-state index contributed by atoms with van der Waals surface area (Å²) in [6, 6.07) is 6.32. The first-order chi connectivity index (χ1) is 9.81. The van der Waals surface area contributed by atoms with Crippen LogP contribution in [-0.4, -0.2) is 18.6 Å². The quantitative estimate of drug-likeness (QED) is 0.938. The molecule has 5 heteroatoms. The summed E-state index contributed by atoms with van der Waals surface area (Å²) < 4.78 is 11.4. The molecule has 3 rings (SSSR count). The average Bonchev–Trinajstić information content (AvgIpc) is 3.01. The number of aromatic nitrogens is 1. The first-order valence-corrected chi connectivity index (χ1v) is 7.67. The van der Waals surface area contributed by atoms with E-state index in [2.05, 4.69) is 23.3 Å². The maximum atomic E-state index is 6.12. The molecule has 1 aromatic carbocycles. The Balaban J connectivity index is 1.94. The van der Waals surface area contributed by atoms with Gasteiger partial charge in [-0.25, -0.2) is 4.98 Å². The topological polar surface area (TPSA) is 43.4 Å². The Kier molecular flexibility index (Phi) is 3.89. The molecule has 20 heavy (non-hydrogen) atoms. The second kappa shape index (κ2) is 5.81. The van der Waals surface area contributed by atoms with E-state index in [1.54, 1.807) is 18.4 Å². The van der Waals surface area contributed by atoms with Gasteiger partial charge in [-0.05, 0) is 12.6 Å². The van der Waals surface area contributed by atoms with Crippen LogP contribution in [0.5, 0.6) is 11.5 Å². The van der Waals surface area contributed by atoms with Crippen LogP contribution < -0.4 is 14.8 Å². The summed E-state index contributed by atoms with van der Waals surface area (Å²) >= 11 is 1.64. The molecule has 2 unspecified atom stereocenters. The summed E-state index contributed by atoms with van der Waals surface area (Å²) in [5.41, 5.74) is 1.19. The van der Waals surface area contributed by atoms with Gasteiger partial charge < -0.3 is 14.8 Å². The van der Waals surface area contributed by atoms with E-state index in [9.17, 15) is 0 Å². The second-order valence-corrected chi connectivity index (χ2v) is 5.65. The third-order valence-electron chi connectivity index (χ3n) is 3.49. The molecule has 0 spiro atoms. The summed E-state index contributed by atoms with van der Waals surface area (Å²) in [6.07, 6.45) is 2.74. The molecule has 2 atom stereocenters. The van der Waals surface area contributed by atoms with Gasteiger partial charge in [0, 0.05) is 35.7 Å². The Morgan fingerprint density at radius 2 is 2.40 bits per heavy atom. The van der Waals surface area contributed by atoms with Crippen LogP contribution in [0.25, 0.3) is 0 Å². The number of hydrogen-bond donors (Lipinski definition) is 1. The largest absolute Gasteiger partial charge is 0.497 e. The molecule has 0 saturated carbocycles. The second-order valence-electron chi connectivity index (χ2n) is 4.73. The van der Waals surface area contributed by atoms with Gasteiger partial charge in [0.1, 0.15) is 16.5 Å². The number of benzene rings is 1. The van der Waals surface area contributed by atoms with Gasteiger partial charge in [0.05, 0.1) is 7.11 Å². The van der Waals surface area contributed by atoms with Crippen molar-refractivity contribution in [2.24, 2.45) is 0 Å². The van der Waals surface area contributed by atoms with Crippen LogP contribution >= 0.6 is 11.3 Å². The van der Waals surface area contributed by atoms with Gasteiger partial charge in [0.25, 0.3) is 0 Å². The number of rotatable bonds is 4. The molecule has 0 radical (unpaired) electrons. The molecule has 4 nitrogen and oxygen atoms in total. The SMILES string of the molecule is CCNC1CC(c2nccs2)Oc2cc(OC)ccc21. The molecule has 1 N–H and O–H groups in total. The number of ether oxygens (including phenoxy) is 2. The third-order valence-corrected chi connectivity index (χ3v) is 4.36. The lowest BCUT2D eigenvalue weighted by Gasteiger charge is -2.32. The first kappa shape index (κ1) is 13.4. The van der Waals surface area contributed by atoms with Crippen molar-refractivity contribution < 1.29 is 9.47 Å². The molecule has 1 aromatic heterocycles. The normalized spacial score (nSPS) is 21.1. The summed E-state index contributed by atoms with van der Waals surface area (Å²) in [5.74, 6) is 1.71. The minimum absolute atomic E-state index is 0.0126. The Labute approximate surface area is 122 Å². The van der Waals surface area contributed by atoms with Crippen LogP contribution in [0, 0.1) is 0 Å². The van der Waals surface area contributed by atoms with Gasteiger partial charge in [0.2, 0.25) is 0 Å². The van der Waals surface area contributed by atoms with Crippen molar-refractivity contribution in [1.29, 1.82) is 0 Å². The first-order valence-electron chi connectivity index (χ1n) is 6.79. The summed E-state index contributed by atoms with van der Waals surface area (Å²) in [7, 11) is 1.67. The predicted molar refractivity (Wildman–Crippen MR) is 79.5 cm³/mol. The highest BCUT2D eigenvalue weighted by Crippen LogP contribution is 2.42. The van der Waals surface area contributed by atoms with E-state index < -0.39 is 0 Å². The monoisotopic (exact) mass is 290 g/mol. The van der Waals surface area contributed by atoms with Crippen molar-refractivity contribution in [2.75, 3.05) is 13.7 Å². The number of nitrogens with one attached hydrogen (secondary N) is 1. The van der Waals surface area contributed by atoms with E-state index >= 15 is 0 Å². The van der Waals surface area contributed by atoms with Gasteiger partial charge in [0.15, 0.2) is 6.10 Å². The van der Waals surface area contributed by atoms with Gasteiger partial charge in [-0.2, -0.15) is 0 Å². The van der Waals surface area contributed by atoms with Crippen LogP contribution in [0.2, 0.25) is 0 Å². The Morgan fingerprint density at radius 3 is 3.10 bits per heavy atom. The molecule has 1 aliphatic rings. The van der Waals surface area contributed by atoms with Crippen molar-refractivity contribution in [3.05, 3.63) is 40.3 Å². The fourth-order valence-corrected chi connectivity index (χ4v) is 3.24. The molecular weight excluding hydrogens is 272 g/mol. The van der Waals surface area contributed by atoms with Crippen molar-refractivity contribution in [3.8, 4) is 11.5 Å². The zero-order valence-corrected chi connectivity index (χ0v) is 12.4. The van der Waals surface area contributed by atoms with Gasteiger partial charge in [-0.3, -0.25) is 0 Å². The summed E-state index contributed by atoms with van der Waals surface area (Å²) in [6.45, 7) is 3.05. The maximum Gasteiger partial charge on any atom is 0.152 e. The molecule has 1 aliphatic heterocycles. The number of fused-ring (bicyclic) bond motifs is 1. The van der Waals surface area contributed by atoms with E-state index in [1.807, 2.05) is 23.7 Å². The predicted octanol–water partition coefficient (Wildman–Crippen LogP) is 3.33. The minimum Gasteiger partial charge on any atom is -0.497 e. The van der Waals surface area contributed by atoms with E-state index in [4.69, 9.17) is 9.47 Å². The van der Waals surface area contributed by atoms with Crippen LogP contribution in [0.15, 0.2) is 29.8 Å². The van der Waals surface area contributed by atoms with Crippen LogP contribution in [0.1, 0.15) is 36.1 Å². The van der Waals surface area contributed by atoms with E-state index in [-0.39, 0.29) is 6.10 Å². The van der Waals surface area contributed by atoms with E-state index in [0.717, 1.165) is 29.5 Å². The van der Waals surface area contributed by atoms with Crippen LogP contribution in [0.3, 0.4) is 0 Å². The number of nitrogens with zero attached hydrogens (tertiary/aromatic N) is 1. The standard InChI is InChI=1S/C15H18N2O2S/c1-3-16-12-9-14(15-17-6-7-20-15)19-13-8-10(18-2)4-5-11(12)13/h4-8,12,14,16H,3,9H2,1-2H3. The highest BCUT2D eigenvalue weighted by atomic mass is 32.1. The fraction of sp³-hybridized carbons (Fsp3) is 0.400. The molecule has 0 fully saturated rings. The fourth-order valence-electron chi connectivity index (χ4n) is 2.56. The van der Waals surface area contributed by atoms with Crippen molar-refractivity contribution in [1.82, 2.24) is 10.3 Å². The molecule has 0 aliphatic carbocycles. The Morgan fingerprint density at radius 1 is 1.50 bits per heavy atom. The molecule has 2 heterocycles. The van der Waals surface area contributed by atoms with Gasteiger partial charge in [-0.1, -0.05) is 13.0 Å². The Hall–Kier alpha value is -1.59. The van der Waals surface area contributed by atoms with Crippen LogP contribution in [0.4, 0.5) is 0 Å². The lowest BCUT2D eigenvalue weighted by molar-refractivity contribution is 0.151. The summed E-state index contributed by atoms with van der Waals surface area (Å²) in [5, 5.41) is 6.54. The van der Waals surface area contributed by atoms with Crippen molar-refractivity contribution >= 4 is 11.3 Å². The lowest BCUT2D eigenvalue weighted by Crippen LogP contribution is -2.28. The molecule has 0 amide bonds. The van der Waals surface area contributed by atoms with Gasteiger partial charge >= 0.3 is 0 Å². The Bertz CT molecular complexity index is 571. The number of hydrogen-bond acceptors (Lipinski definition) is 5. The highest BCUT2D eigenvalue weighted by Gasteiger charge is 2.30. The van der Waals surface area contributed by atoms with E-state index in [1.165, 1.54) is 5.56 Å². The van der Waals surface area contributed by atoms with Crippen LogP contribution in [-0.2, 0) is 0 Å². The van der Waals surface area contributed by atoms with Gasteiger partial charge in [-0.15, -0.1) is 11.3 Å². The summed E-state index contributed by atoms with van der Waals surface area (Å²) in [4.78, 5) is 4.38. The third kappa shape index (κ3) is 2.51. The molecular formula is C15H18N2O2S. The molecule has 0 bridgehead atoms. The minimum atomic E-state index is 0.0126. The lowest BCUT2D eigenvalue weighted by atomic mass is 9.96. The molecule has 106 valence electrons. The van der Waals surface area contributed by atoms with Crippen molar-refractivity contribution in [2.45, 2.75) is 25.5 Å². The maximum absolute atomic E-state index is 6.12. The number of methoxy groups -OCH3 is 1. The smallest absolute Gasteiger partial charge is 0.152 e. The van der Waals surface area contributed by atoms with Crippen molar-refractivity contribution in [3.63, 3.8) is 0 Å². The molecule has 0 saturated heterocycles. The molecule has 2 aromatic rings.